The summed E-state index contributed by atoms with van der Waals surface area (Å²) in [5, 5.41) is 6.12. The van der Waals surface area contributed by atoms with Gasteiger partial charge in [-0.1, -0.05) is 20.3 Å². The van der Waals surface area contributed by atoms with Crippen LogP contribution in [-0.2, 0) is 9.59 Å². The number of nitrogens with zero attached hydrogens (tertiary/aromatic N) is 1. The summed E-state index contributed by atoms with van der Waals surface area (Å²) in [5.74, 6) is 0.298. The Morgan fingerprint density at radius 3 is 2.47 bits per heavy atom. The van der Waals surface area contributed by atoms with Crippen LogP contribution in [0.25, 0.3) is 0 Å². The average Bonchev–Trinajstić information content (AvgIpc) is 2.37. The van der Waals surface area contributed by atoms with Gasteiger partial charge in [0.1, 0.15) is 6.04 Å². The Labute approximate surface area is 116 Å². The number of rotatable bonds is 5. The highest BCUT2D eigenvalue weighted by molar-refractivity contribution is 5.89. The SMILES string of the molecule is CC(C)CC(NC(=O)[C@@H]1CCCCN1)C(=O)N(C)C. The van der Waals surface area contributed by atoms with E-state index in [1.165, 1.54) is 0 Å². The van der Waals surface area contributed by atoms with Gasteiger partial charge in [0.25, 0.3) is 0 Å². The largest absolute Gasteiger partial charge is 0.347 e. The van der Waals surface area contributed by atoms with Crippen LogP contribution in [0, 0.1) is 5.92 Å². The van der Waals surface area contributed by atoms with Gasteiger partial charge in [-0.3, -0.25) is 9.59 Å². The van der Waals surface area contributed by atoms with Crippen molar-refractivity contribution in [2.75, 3.05) is 20.6 Å². The second-order valence-electron chi connectivity index (χ2n) is 5.93. The fraction of sp³-hybridized carbons (Fsp3) is 0.857. The van der Waals surface area contributed by atoms with E-state index < -0.39 is 6.04 Å². The molecular formula is C14H27N3O2. The van der Waals surface area contributed by atoms with E-state index in [0.717, 1.165) is 25.8 Å². The average molecular weight is 269 g/mol. The standard InChI is InChI=1S/C14H27N3O2/c1-10(2)9-12(14(19)17(3)4)16-13(18)11-7-5-6-8-15-11/h10-12,15H,5-9H2,1-4H3,(H,16,18)/t11-,12?/m0/s1. The number of nitrogens with one attached hydrogen (secondary N) is 2. The molecule has 1 unspecified atom stereocenters. The van der Waals surface area contributed by atoms with E-state index in [2.05, 4.69) is 24.5 Å². The number of hydrogen-bond donors (Lipinski definition) is 2. The zero-order valence-corrected chi connectivity index (χ0v) is 12.5. The molecule has 2 N–H and O–H groups in total. The number of amides is 2. The Balaban J connectivity index is 2.60. The fourth-order valence-corrected chi connectivity index (χ4v) is 2.35. The first-order valence-electron chi connectivity index (χ1n) is 7.16. The summed E-state index contributed by atoms with van der Waals surface area (Å²) >= 11 is 0. The summed E-state index contributed by atoms with van der Waals surface area (Å²) in [7, 11) is 3.45. The lowest BCUT2D eigenvalue weighted by Crippen LogP contribution is -2.53. The highest BCUT2D eigenvalue weighted by Crippen LogP contribution is 2.10. The Morgan fingerprint density at radius 1 is 1.32 bits per heavy atom. The van der Waals surface area contributed by atoms with Crippen LogP contribution in [0.3, 0.4) is 0 Å². The van der Waals surface area contributed by atoms with Crippen LogP contribution >= 0.6 is 0 Å². The lowest BCUT2D eigenvalue weighted by Gasteiger charge is -2.27. The smallest absolute Gasteiger partial charge is 0.244 e. The third kappa shape index (κ3) is 5.19. The van der Waals surface area contributed by atoms with Gasteiger partial charge in [0.05, 0.1) is 6.04 Å². The molecule has 0 aliphatic carbocycles. The lowest BCUT2D eigenvalue weighted by molar-refractivity contribution is -0.135. The Kier molecular flexibility index (Phi) is 6.28. The van der Waals surface area contributed by atoms with Crippen LogP contribution in [0.15, 0.2) is 0 Å². The molecule has 1 heterocycles. The molecule has 1 fully saturated rings. The van der Waals surface area contributed by atoms with Crippen LogP contribution in [0.4, 0.5) is 0 Å². The normalized spacial score (nSPS) is 21.0. The van der Waals surface area contributed by atoms with E-state index in [4.69, 9.17) is 0 Å². The predicted molar refractivity (Wildman–Crippen MR) is 75.7 cm³/mol. The summed E-state index contributed by atoms with van der Waals surface area (Å²) in [4.78, 5) is 25.8. The first-order valence-corrected chi connectivity index (χ1v) is 7.16. The van der Waals surface area contributed by atoms with Crippen molar-refractivity contribution in [3.63, 3.8) is 0 Å². The maximum atomic E-state index is 12.2. The van der Waals surface area contributed by atoms with E-state index >= 15 is 0 Å². The molecule has 2 atom stereocenters. The highest BCUT2D eigenvalue weighted by Gasteiger charge is 2.27. The minimum atomic E-state index is -0.411. The summed E-state index contributed by atoms with van der Waals surface area (Å²) in [6, 6.07) is -0.551. The third-order valence-corrected chi connectivity index (χ3v) is 3.39. The van der Waals surface area contributed by atoms with E-state index in [1.54, 1.807) is 19.0 Å². The van der Waals surface area contributed by atoms with Crippen molar-refractivity contribution >= 4 is 11.8 Å². The summed E-state index contributed by atoms with van der Waals surface area (Å²) < 4.78 is 0. The molecule has 0 saturated carbocycles. The van der Waals surface area contributed by atoms with Crippen LogP contribution in [0.2, 0.25) is 0 Å². The minimum absolute atomic E-state index is 0.0298. The number of carbonyl (C=O) groups is 2. The van der Waals surface area contributed by atoms with E-state index in [1.807, 2.05) is 0 Å². The quantitative estimate of drug-likeness (QED) is 0.774. The molecule has 1 aliphatic rings. The monoisotopic (exact) mass is 269 g/mol. The minimum Gasteiger partial charge on any atom is -0.347 e. The molecule has 19 heavy (non-hydrogen) atoms. The van der Waals surface area contributed by atoms with Crippen molar-refractivity contribution in [2.45, 2.75) is 51.6 Å². The van der Waals surface area contributed by atoms with Crippen LogP contribution in [-0.4, -0.2) is 49.4 Å². The van der Waals surface area contributed by atoms with Gasteiger partial charge in [-0.15, -0.1) is 0 Å². The number of likely N-dealkylation sites (N-methyl/N-ethyl adjacent to an activating group) is 1. The molecule has 1 saturated heterocycles. The van der Waals surface area contributed by atoms with Crippen molar-refractivity contribution in [3.8, 4) is 0 Å². The molecule has 110 valence electrons. The Bertz CT molecular complexity index is 310. The fourth-order valence-electron chi connectivity index (χ4n) is 2.35. The molecule has 0 aromatic rings. The maximum absolute atomic E-state index is 12.2. The summed E-state index contributed by atoms with van der Waals surface area (Å²) in [5.41, 5.74) is 0. The van der Waals surface area contributed by atoms with Gasteiger partial charge in [-0.2, -0.15) is 0 Å². The van der Waals surface area contributed by atoms with Gasteiger partial charge >= 0.3 is 0 Å². The zero-order chi connectivity index (χ0) is 14.4. The van der Waals surface area contributed by atoms with Crippen molar-refractivity contribution in [1.29, 1.82) is 0 Å². The number of hydrogen-bond acceptors (Lipinski definition) is 3. The van der Waals surface area contributed by atoms with Gasteiger partial charge in [0.2, 0.25) is 11.8 Å². The molecule has 1 rings (SSSR count). The molecule has 5 nitrogen and oxygen atoms in total. The maximum Gasteiger partial charge on any atom is 0.244 e. The summed E-state index contributed by atoms with van der Waals surface area (Å²) in [6.45, 7) is 5.00. The number of carbonyl (C=O) groups excluding carboxylic acids is 2. The molecular weight excluding hydrogens is 242 g/mol. The first kappa shape index (κ1) is 16.0. The van der Waals surface area contributed by atoms with Crippen molar-refractivity contribution < 1.29 is 9.59 Å². The molecule has 5 heteroatoms. The van der Waals surface area contributed by atoms with Gasteiger partial charge < -0.3 is 15.5 Å². The second kappa shape index (κ2) is 7.48. The summed E-state index contributed by atoms with van der Waals surface area (Å²) in [6.07, 6.45) is 3.73. The van der Waals surface area contributed by atoms with Gasteiger partial charge in [0.15, 0.2) is 0 Å². The second-order valence-corrected chi connectivity index (χ2v) is 5.93. The zero-order valence-electron chi connectivity index (χ0n) is 12.5. The first-order chi connectivity index (χ1) is 8.91. The van der Waals surface area contributed by atoms with Crippen molar-refractivity contribution in [3.05, 3.63) is 0 Å². The van der Waals surface area contributed by atoms with Crippen LogP contribution in [0.1, 0.15) is 39.5 Å². The molecule has 0 spiro atoms. The van der Waals surface area contributed by atoms with Gasteiger partial charge in [-0.25, -0.2) is 0 Å². The molecule has 0 aromatic carbocycles. The molecule has 0 aromatic heterocycles. The van der Waals surface area contributed by atoms with Crippen molar-refractivity contribution in [1.82, 2.24) is 15.5 Å². The van der Waals surface area contributed by atoms with Crippen LogP contribution in [0.5, 0.6) is 0 Å². The molecule has 0 bridgehead atoms. The molecule has 1 aliphatic heterocycles. The van der Waals surface area contributed by atoms with Crippen molar-refractivity contribution in [2.24, 2.45) is 5.92 Å². The molecule has 0 radical (unpaired) electrons. The third-order valence-electron chi connectivity index (χ3n) is 3.39. The van der Waals surface area contributed by atoms with Gasteiger partial charge in [0, 0.05) is 14.1 Å². The van der Waals surface area contributed by atoms with Crippen LogP contribution < -0.4 is 10.6 Å². The predicted octanol–water partition coefficient (Wildman–Crippen LogP) is 0.748. The molecule has 2 amide bonds. The Hall–Kier alpha value is -1.10. The highest BCUT2D eigenvalue weighted by atomic mass is 16.2. The van der Waals surface area contributed by atoms with E-state index in [0.29, 0.717) is 12.3 Å². The van der Waals surface area contributed by atoms with Gasteiger partial charge in [-0.05, 0) is 31.7 Å². The number of piperidine rings is 1. The van der Waals surface area contributed by atoms with E-state index in [9.17, 15) is 9.59 Å². The van der Waals surface area contributed by atoms with E-state index in [-0.39, 0.29) is 17.9 Å². The topological polar surface area (TPSA) is 61.4 Å². The Morgan fingerprint density at radius 2 is 2.00 bits per heavy atom. The lowest BCUT2D eigenvalue weighted by atomic mass is 10.0.